The Morgan fingerprint density at radius 3 is 2.75 bits per heavy atom. The number of nitrogens with one attached hydrogen (secondary N) is 1. The standard InChI is InChI=1S/C15H21NO3S/c1-19-14-9-5-6-10-15(14)20(17,18)16-12-11-13-7-3-2-4-8-13/h5-7,9-10,16H,2-4,8,11-12H2,1H3. The van der Waals surface area contributed by atoms with Crippen molar-refractivity contribution in [3.8, 4) is 5.75 Å². The van der Waals surface area contributed by atoms with Gasteiger partial charge < -0.3 is 4.74 Å². The molecule has 0 spiro atoms. The molecule has 0 unspecified atom stereocenters. The van der Waals surface area contributed by atoms with Crippen LogP contribution in [-0.2, 0) is 10.0 Å². The Morgan fingerprint density at radius 2 is 2.05 bits per heavy atom. The molecule has 110 valence electrons. The summed E-state index contributed by atoms with van der Waals surface area (Å²) in [5.74, 6) is 0.372. The highest BCUT2D eigenvalue weighted by Gasteiger charge is 2.18. The molecule has 0 heterocycles. The Morgan fingerprint density at radius 1 is 1.25 bits per heavy atom. The van der Waals surface area contributed by atoms with Crippen LogP contribution in [0.15, 0.2) is 40.8 Å². The van der Waals surface area contributed by atoms with Gasteiger partial charge in [0, 0.05) is 6.54 Å². The minimum absolute atomic E-state index is 0.195. The summed E-state index contributed by atoms with van der Waals surface area (Å²) in [5.41, 5.74) is 1.36. The molecule has 1 N–H and O–H groups in total. The van der Waals surface area contributed by atoms with Crippen LogP contribution in [0.25, 0.3) is 0 Å². The summed E-state index contributed by atoms with van der Waals surface area (Å²) >= 11 is 0. The average molecular weight is 295 g/mol. The van der Waals surface area contributed by atoms with E-state index < -0.39 is 10.0 Å². The Hall–Kier alpha value is -1.33. The summed E-state index contributed by atoms with van der Waals surface area (Å²) < 4.78 is 32.2. The largest absolute Gasteiger partial charge is 0.495 e. The van der Waals surface area contributed by atoms with Crippen molar-refractivity contribution in [1.29, 1.82) is 0 Å². The lowest BCUT2D eigenvalue weighted by Gasteiger charge is -2.14. The molecule has 0 aliphatic heterocycles. The van der Waals surface area contributed by atoms with E-state index in [9.17, 15) is 8.42 Å². The van der Waals surface area contributed by atoms with E-state index >= 15 is 0 Å². The van der Waals surface area contributed by atoms with E-state index in [1.807, 2.05) is 0 Å². The van der Waals surface area contributed by atoms with Crippen molar-refractivity contribution in [1.82, 2.24) is 4.72 Å². The van der Waals surface area contributed by atoms with Crippen LogP contribution >= 0.6 is 0 Å². The zero-order valence-corrected chi connectivity index (χ0v) is 12.6. The van der Waals surface area contributed by atoms with E-state index in [4.69, 9.17) is 4.74 Å². The first kappa shape index (κ1) is 15.1. The molecule has 0 atom stereocenters. The number of ether oxygens (including phenoxy) is 1. The zero-order chi connectivity index (χ0) is 14.4. The van der Waals surface area contributed by atoms with Crippen molar-refractivity contribution in [3.63, 3.8) is 0 Å². The molecule has 0 saturated carbocycles. The third-order valence-electron chi connectivity index (χ3n) is 3.48. The topological polar surface area (TPSA) is 55.4 Å². The molecule has 4 nitrogen and oxygen atoms in total. The third-order valence-corrected chi connectivity index (χ3v) is 4.98. The summed E-state index contributed by atoms with van der Waals surface area (Å²) in [6.07, 6.45) is 7.70. The maximum absolute atomic E-state index is 12.2. The van der Waals surface area contributed by atoms with Crippen LogP contribution in [0, 0.1) is 0 Å². The number of hydrogen-bond donors (Lipinski definition) is 1. The second-order valence-electron chi connectivity index (χ2n) is 4.91. The Kier molecular flexibility index (Phi) is 5.20. The molecular weight excluding hydrogens is 274 g/mol. The van der Waals surface area contributed by atoms with Crippen LogP contribution in [0.1, 0.15) is 32.1 Å². The van der Waals surface area contributed by atoms with Gasteiger partial charge in [0.2, 0.25) is 10.0 Å². The third kappa shape index (κ3) is 3.84. The Labute approximate surface area is 120 Å². The number of rotatable bonds is 6. The van der Waals surface area contributed by atoms with E-state index in [0.717, 1.165) is 19.3 Å². The van der Waals surface area contributed by atoms with Crippen LogP contribution in [0.2, 0.25) is 0 Å². The van der Waals surface area contributed by atoms with Gasteiger partial charge in [-0.25, -0.2) is 13.1 Å². The number of para-hydroxylation sites is 1. The monoisotopic (exact) mass is 295 g/mol. The fourth-order valence-corrected chi connectivity index (χ4v) is 3.60. The lowest BCUT2D eigenvalue weighted by molar-refractivity contribution is 0.402. The zero-order valence-electron chi connectivity index (χ0n) is 11.8. The smallest absolute Gasteiger partial charge is 0.244 e. The van der Waals surface area contributed by atoms with Crippen LogP contribution in [0.4, 0.5) is 0 Å². The lowest BCUT2D eigenvalue weighted by Crippen LogP contribution is -2.25. The Bertz CT molecular complexity index is 579. The molecule has 1 aromatic rings. The summed E-state index contributed by atoms with van der Waals surface area (Å²) in [6.45, 7) is 0.437. The predicted octanol–water partition coefficient (Wildman–Crippen LogP) is 2.86. The minimum Gasteiger partial charge on any atom is -0.495 e. The molecule has 0 radical (unpaired) electrons. The van der Waals surface area contributed by atoms with Crippen LogP contribution < -0.4 is 9.46 Å². The van der Waals surface area contributed by atoms with E-state index in [2.05, 4.69) is 10.8 Å². The summed E-state index contributed by atoms with van der Waals surface area (Å²) in [6, 6.07) is 6.66. The van der Waals surface area contributed by atoms with Crippen molar-refractivity contribution < 1.29 is 13.2 Å². The van der Waals surface area contributed by atoms with Gasteiger partial charge in [-0.1, -0.05) is 23.8 Å². The molecule has 1 aromatic carbocycles. The van der Waals surface area contributed by atoms with Gasteiger partial charge in [-0.3, -0.25) is 0 Å². The SMILES string of the molecule is COc1ccccc1S(=O)(=O)NCCC1=CCCCC1. The second kappa shape index (κ2) is 6.90. The average Bonchev–Trinajstić information content (AvgIpc) is 2.48. The first-order valence-corrected chi connectivity index (χ1v) is 8.42. The van der Waals surface area contributed by atoms with Gasteiger partial charge in [0.05, 0.1) is 7.11 Å². The van der Waals surface area contributed by atoms with Crippen molar-refractivity contribution in [3.05, 3.63) is 35.9 Å². The summed E-state index contributed by atoms with van der Waals surface area (Å²) in [5, 5.41) is 0. The maximum atomic E-state index is 12.2. The second-order valence-corrected chi connectivity index (χ2v) is 6.64. The van der Waals surface area contributed by atoms with E-state index in [1.54, 1.807) is 24.3 Å². The quantitative estimate of drug-likeness (QED) is 0.821. The first-order chi connectivity index (χ1) is 9.63. The molecule has 20 heavy (non-hydrogen) atoms. The highest BCUT2D eigenvalue weighted by Crippen LogP contribution is 2.23. The molecule has 0 amide bonds. The van der Waals surface area contributed by atoms with Crippen molar-refractivity contribution >= 4 is 10.0 Å². The summed E-state index contributed by atoms with van der Waals surface area (Å²) in [7, 11) is -2.03. The number of hydrogen-bond acceptors (Lipinski definition) is 3. The van der Waals surface area contributed by atoms with E-state index in [1.165, 1.54) is 25.5 Å². The fraction of sp³-hybridized carbons (Fsp3) is 0.467. The maximum Gasteiger partial charge on any atom is 0.244 e. The van der Waals surface area contributed by atoms with E-state index in [0.29, 0.717) is 12.3 Å². The molecular formula is C15H21NO3S. The number of methoxy groups -OCH3 is 1. The molecule has 0 aromatic heterocycles. The van der Waals surface area contributed by atoms with Crippen LogP contribution in [0.5, 0.6) is 5.75 Å². The molecule has 5 heteroatoms. The number of benzene rings is 1. The molecule has 1 aliphatic rings. The highest BCUT2D eigenvalue weighted by atomic mass is 32.2. The van der Waals surface area contributed by atoms with Gasteiger partial charge in [0.15, 0.2) is 0 Å². The van der Waals surface area contributed by atoms with Crippen molar-refractivity contribution in [2.75, 3.05) is 13.7 Å². The predicted molar refractivity (Wildman–Crippen MR) is 79.4 cm³/mol. The normalized spacial score (nSPS) is 15.8. The molecule has 0 bridgehead atoms. The minimum atomic E-state index is -3.51. The van der Waals surface area contributed by atoms with Crippen LogP contribution in [-0.4, -0.2) is 22.1 Å². The molecule has 0 fully saturated rings. The van der Waals surface area contributed by atoms with E-state index in [-0.39, 0.29) is 4.90 Å². The van der Waals surface area contributed by atoms with Crippen molar-refractivity contribution in [2.24, 2.45) is 0 Å². The Balaban J connectivity index is 1.98. The molecule has 0 saturated heterocycles. The van der Waals surface area contributed by atoms with Gasteiger partial charge in [0.1, 0.15) is 10.6 Å². The molecule has 2 rings (SSSR count). The van der Waals surface area contributed by atoms with Crippen molar-refractivity contribution in [2.45, 2.75) is 37.0 Å². The molecule has 1 aliphatic carbocycles. The number of allylic oxidation sites excluding steroid dienone is 1. The van der Waals surface area contributed by atoms with Gasteiger partial charge in [-0.05, 0) is 44.2 Å². The fourth-order valence-electron chi connectivity index (χ4n) is 2.40. The first-order valence-electron chi connectivity index (χ1n) is 6.94. The van der Waals surface area contributed by atoms with Gasteiger partial charge in [-0.2, -0.15) is 0 Å². The lowest BCUT2D eigenvalue weighted by atomic mass is 9.97. The van der Waals surface area contributed by atoms with Gasteiger partial charge >= 0.3 is 0 Å². The number of sulfonamides is 1. The van der Waals surface area contributed by atoms with Gasteiger partial charge in [0.25, 0.3) is 0 Å². The summed E-state index contributed by atoms with van der Waals surface area (Å²) in [4.78, 5) is 0.195. The highest BCUT2D eigenvalue weighted by molar-refractivity contribution is 7.89. The van der Waals surface area contributed by atoms with Crippen LogP contribution in [0.3, 0.4) is 0 Å². The van der Waals surface area contributed by atoms with Gasteiger partial charge in [-0.15, -0.1) is 0 Å².